The predicted molar refractivity (Wildman–Crippen MR) is 102 cm³/mol. The first kappa shape index (κ1) is 21.3. The van der Waals surface area contributed by atoms with Crippen LogP contribution in [-0.2, 0) is 10.0 Å². The summed E-state index contributed by atoms with van der Waals surface area (Å²) in [5, 5.41) is 12.1. The fourth-order valence-electron chi connectivity index (χ4n) is 3.36. The standard InChI is InChI=1S/C19H15F4N3O4S/c20-13-4-10(5-14(21)17(13)23)25-19(28)12-6-11(3-9-1-2-24-18(9)12)31(29,30)26-7-15(22)16(27)8-26/h1-6,15-16,24,27H,7-8H2,(H,25,28). The maximum atomic E-state index is 13.6. The molecule has 0 spiro atoms. The van der Waals surface area contributed by atoms with Gasteiger partial charge in [-0.3, -0.25) is 4.79 Å². The smallest absolute Gasteiger partial charge is 0.257 e. The molecular weight excluding hydrogens is 442 g/mol. The molecule has 31 heavy (non-hydrogen) atoms. The highest BCUT2D eigenvalue weighted by Gasteiger charge is 2.39. The number of sulfonamides is 1. The molecule has 1 fully saturated rings. The van der Waals surface area contributed by atoms with Crippen LogP contribution >= 0.6 is 0 Å². The summed E-state index contributed by atoms with van der Waals surface area (Å²) >= 11 is 0. The van der Waals surface area contributed by atoms with Crippen LogP contribution in [0.2, 0.25) is 0 Å². The van der Waals surface area contributed by atoms with Gasteiger partial charge in [0.2, 0.25) is 10.0 Å². The maximum absolute atomic E-state index is 13.6. The Bertz CT molecular complexity index is 1260. The molecule has 2 atom stereocenters. The van der Waals surface area contributed by atoms with Gasteiger partial charge < -0.3 is 15.4 Å². The van der Waals surface area contributed by atoms with Crippen LogP contribution in [0.25, 0.3) is 10.9 Å². The van der Waals surface area contributed by atoms with E-state index < -0.39 is 58.7 Å². The largest absolute Gasteiger partial charge is 0.389 e. The Morgan fingerprint density at radius 3 is 2.42 bits per heavy atom. The predicted octanol–water partition coefficient (Wildman–Crippen LogP) is 2.54. The number of amides is 1. The maximum Gasteiger partial charge on any atom is 0.257 e. The number of benzene rings is 2. The molecule has 1 saturated heterocycles. The number of nitrogens with zero attached hydrogens (tertiary/aromatic N) is 1. The highest BCUT2D eigenvalue weighted by atomic mass is 32.2. The minimum Gasteiger partial charge on any atom is -0.389 e. The van der Waals surface area contributed by atoms with Gasteiger partial charge in [0.25, 0.3) is 5.91 Å². The Hall–Kier alpha value is -2.96. The highest BCUT2D eigenvalue weighted by molar-refractivity contribution is 7.89. The quantitative estimate of drug-likeness (QED) is 0.414. The molecule has 0 aliphatic carbocycles. The van der Waals surface area contributed by atoms with Gasteiger partial charge in [0.1, 0.15) is 12.3 Å². The zero-order valence-electron chi connectivity index (χ0n) is 15.6. The second-order valence-corrected chi connectivity index (χ2v) is 8.96. The van der Waals surface area contributed by atoms with Crippen LogP contribution in [0.4, 0.5) is 23.2 Å². The Kier molecular flexibility index (Phi) is 5.23. The van der Waals surface area contributed by atoms with Gasteiger partial charge >= 0.3 is 0 Å². The number of carbonyl (C=O) groups is 1. The summed E-state index contributed by atoms with van der Waals surface area (Å²) in [6, 6.07) is 4.95. The van der Waals surface area contributed by atoms with Crippen LogP contribution in [0, 0.1) is 17.5 Å². The molecule has 0 radical (unpaired) electrons. The van der Waals surface area contributed by atoms with E-state index in [2.05, 4.69) is 10.3 Å². The lowest BCUT2D eigenvalue weighted by Gasteiger charge is -2.16. The number of alkyl halides is 1. The number of aromatic amines is 1. The second kappa shape index (κ2) is 7.62. The van der Waals surface area contributed by atoms with E-state index in [1.54, 1.807) is 0 Å². The van der Waals surface area contributed by atoms with Crippen molar-refractivity contribution in [3.05, 3.63) is 59.5 Å². The Morgan fingerprint density at radius 1 is 1.13 bits per heavy atom. The zero-order chi connectivity index (χ0) is 22.5. The molecule has 7 nitrogen and oxygen atoms in total. The molecule has 2 unspecified atom stereocenters. The van der Waals surface area contributed by atoms with Crippen LogP contribution < -0.4 is 5.32 Å². The summed E-state index contributed by atoms with van der Waals surface area (Å²) in [7, 11) is -4.25. The number of aromatic nitrogens is 1. The fraction of sp³-hybridized carbons (Fsp3) is 0.211. The van der Waals surface area contributed by atoms with E-state index in [0.29, 0.717) is 17.5 Å². The molecule has 3 N–H and O–H groups in total. The number of aliphatic hydroxyl groups is 1. The van der Waals surface area contributed by atoms with Gasteiger partial charge in [-0.05, 0) is 18.2 Å². The second-order valence-electron chi connectivity index (χ2n) is 7.03. The normalized spacial score (nSPS) is 19.8. The number of hydrogen-bond donors (Lipinski definition) is 3. The van der Waals surface area contributed by atoms with Crippen molar-refractivity contribution in [2.75, 3.05) is 18.4 Å². The van der Waals surface area contributed by atoms with Crippen molar-refractivity contribution in [1.29, 1.82) is 0 Å². The first-order valence-corrected chi connectivity index (χ1v) is 10.4. The summed E-state index contributed by atoms with van der Waals surface area (Å²) in [6.07, 6.45) is -1.75. The van der Waals surface area contributed by atoms with Crippen molar-refractivity contribution >= 4 is 32.5 Å². The molecule has 0 bridgehead atoms. The summed E-state index contributed by atoms with van der Waals surface area (Å²) in [4.78, 5) is 15.2. The molecule has 1 aliphatic rings. The fourth-order valence-corrected chi connectivity index (χ4v) is 4.89. The highest BCUT2D eigenvalue weighted by Crippen LogP contribution is 2.29. The number of H-pyrrole nitrogens is 1. The number of anilines is 1. The third-order valence-corrected chi connectivity index (χ3v) is 6.75. The lowest BCUT2D eigenvalue weighted by atomic mass is 10.1. The molecule has 1 amide bonds. The molecule has 12 heteroatoms. The number of halogens is 4. The summed E-state index contributed by atoms with van der Waals surface area (Å²) in [5.74, 6) is -5.63. The summed E-state index contributed by atoms with van der Waals surface area (Å²) in [6.45, 7) is -0.978. The Morgan fingerprint density at radius 2 is 1.81 bits per heavy atom. The van der Waals surface area contributed by atoms with Gasteiger partial charge in [-0.2, -0.15) is 4.31 Å². The van der Waals surface area contributed by atoms with E-state index in [0.717, 1.165) is 10.4 Å². The van der Waals surface area contributed by atoms with Crippen molar-refractivity contribution in [2.24, 2.45) is 0 Å². The summed E-state index contributed by atoms with van der Waals surface area (Å²) < 4.78 is 80.3. The van der Waals surface area contributed by atoms with E-state index in [1.807, 2.05) is 0 Å². The molecule has 3 aromatic rings. The van der Waals surface area contributed by atoms with Crippen molar-refractivity contribution < 1.29 is 35.9 Å². The molecule has 2 heterocycles. The average Bonchev–Trinajstić information content (AvgIpc) is 3.32. The third kappa shape index (κ3) is 3.77. The van der Waals surface area contributed by atoms with Gasteiger partial charge in [-0.1, -0.05) is 0 Å². The number of β-amino-alcohol motifs (C(OH)–C–C–N with tert-alkyl or cyclic N) is 1. The lowest BCUT2D eigenvalue weighted by molar-refractivity contribution is 0.102. The minimum atomic E-state index is -4.25. The van der Waals surface area contributed by atoms with Crippen molar-refractivity contribution in [3.8, 4) is 0 Å². The molecule has 0 saturated carbocycles. The van der Waals surface area contributed by atoms with Gasteiger partial charge in [0.15, 0.2) is 17.5 Å². The first-order valence-electron chi connectivity index (χ1n) is 8.97. The molecule has 164 valence electrons. The van der Waals surface area contributed by atoms with Gasteiger partial charge in [0.05, 0.1) is 16.0 Å². The van der Waals surface area contributed by atoms with Crippen molar-refractivity contribution in [2.45, 2.75) is 17.2 Å². The van der Waals surface area contributed by atoms with E-state index in [-0.39, 0.29) is 21.7 Å². The molecule has 2 aromatic carbocycles. The van der Waals surface area contributed by atoms with E-state index in [1.165, 1.54) is 18.3 Å². The molecule has 4 rings (SSSR count). The van der Waals surface area contributed by atoms with Gasteiger partial charge in [-0.25, -0.2) is 26.0 Å². The van der Waals surface area contributed by atoms with E-state index in [9.17, 15) is 35.9 Å². The molecule has 1 aliphatic heterocycles. The number of carbonyl (C=O) groups excluding carboxylic acids is 1. The minimum absolute atomic E-state index is 0.178. The third-order valence-electron chi connectivity index (χ3n) is 4.94. The van der Waals surface area contributed by atoms with Crippen molar-refractivity contribution in [3.63, 3.8) is 0 Å². The van der Waals surface area contributed by atoms with Crippen LogP contribution in [0.15, 0.2) is 41.4 Å². The van der Waals surface area contributed by atoms with Crippen LogP contribution in [0.1, 0.15) is 10.4 Å². The number of nitrogens with one attached hydrogen (secondary N) is 2. The van der Waals surface area contributed by atoms with E-state index in [4.69, 9.17) is 0 Å². The van der Waals surface area contributed by atoms with Crippen molar-refractivity contribution in [1.82, 2.24) is 9.29 Å². The SMILES string of the molecule is O=C(Nc1cc(F)c(F)c(F)c1)c1cc(S(=O)(=O)N2CC(O)C(F)C2)cc2cc[nH]c12. The Balaban J connectivity index is 1.73. The zero-order valence-corrected chi connectivity index (χ0v) is 16.4. The van der Waals surface area contributed by atoms with Crippen LogP contribution in [0.5, 0.6) is 0 Å². The topological polar surface area (TPSA) is 102 Å². The number of aliphatic hydroxyl groups excluding tert-OH is 1. The molecular formula is C19H15F4N3O4S. The number of hydrogen-bond acceptors (Lipinski definition) is 4. The number of rotatable bonds is 4. The van der Waals surface area contributed by atoms with Gasteiger partial charge in [0, 0.05) is 42.5 Å². The first-order chi connectivity index (χ1) is 14.6. The monoisotopic (exact) mass is 457 g/mol. The van der Waals surface area contributed by atoms with Crippen LogP contribution in [-0.4, -0.2) is 54.1 Å². The van der Waals surface area contributed by atoms with Crippen LogP contribution in [0.3, 0.4) is 0 Å². The van der Waals surface area contributed by atoms with E-state index >= 15 is 0 Å². The average molecular weight is 457 g/mol. The lowest BCUT2D eigenvalue weighted by Crippen LogP contribution is -2.30. The summed E-state index contributed by atoms with van der Waals surface area (Å²) in [5.41, 5.74) is -0.315. The Labute approximate surface area is 173 Å². The molecule has 1 aromatic heterocycles. The van der Waals surface area contributed by atoms with Gasteiger partial charge in [-0.15, -0.1) is 0 Å². The number of fused-ring (bicyclic) bond motifs is 1.